The van der Waals surface area contributed by atoms with Gasteiger partial charge in [-0.2, -0.15) is 0 Å². The van der Waals surface area contributed by atoms with Crippen molar-refractivity contribution in [2.24, 2.45) is 5.73 Å². The van der Waals surface area contributed by atoms with Crippen LogP contribution in [0.2, 0.25) is 0 Å². The lowest BCUT2D eigenvalue weighted by Gasteiger charge is -2.29. The number of likely N-dealkylation sites (N-methyl/N-ethyl adjacent to an activating group) is 1. The van der Waals surface area contributed by atoms with E-state index in [1.54, 1.807) is 0 Å². The Morgan fingerprint density at radius 1 is 1.30 bits per heavy atom. The van der Waals surface area contributed by atoms with Crippen molar-refractivity contribution in [2.75, 3.05) is 13.6 Å². The summed E-state index contributed by atoms with van der Waals surface area (Å²) in [6.07, 6.45) is 2.73. The van der Waals surface area contributed by atoms with Gasteiger partial charge in [0.25, 0.3) is 0 Å². The normalized spacial score (nSPS) is 14.4. The molecule has 2 N–H and O–H groups in total. The van der Waals surface area contributed by atoms with Gasteiger partial charge in [-0.25, -0.2) is 0 Å². The highest BCUT2D eigenvalue weighted by Crippen LogP contribution is 2.24. The molecule has 0 fully saturated rings. The fraction of sp³-hybridized carbons (Fsp3) is 0.438. The third-order valence-electron chi connectivity index (χ3n) is 3.47. The van der Waals surface area contributed by atoms with Crippen molar-refractivity contribution in [3.63, 3.8) is 0 Å². The molecule has 0 aromatic carbocycles. The number of furan rings is 1. The van der Waals surface area contributed by atoms with Crippen molar-refractivity contribution in [1.82, 2.24) is 9.88 Å². The number of aromatic nitrogens is 1. The second kappa shape index (κ2) is 6.68. The van der Waals surface area contributed by atoms with Gasteiger partial charge in [0.1, 0.15) is 11.5 Å². The van der Waals surface area contributed by atoms with Gasteiger partial charge < -0.3 is 10.2 Å². The summed E-state index contributed by atoms with van der Waals surface area (Å²) in [5.74, 6) is 1.85. The molecule has 2 heterocycles. The summed E-state index contributed by atoms with van der Waals surface area (Å²) in [6, 6.07) is 10.1. The molecule has 4 heteroatoms. The van der Waals surface area contributed by atoms with E-state index in [1.807, 2.05) is 50.4 Å². The van der Waals surface area contributed by atoms with Crippen LogP contribution in [-0.2, 0) is 6.42 Å². The highest BCUT2D eigenvalue weighted by molar-refractivity contribution is 5.12. The Kier molecular flexibility index (Phi) is 4.93. The molecule has 0 aliphatic carbocycles. The van der Waals surface area contributed by atoms with Crippen molar-refractivity contribution in [3.05, 3.63) is 53.7 Å². The zero-order valence-corrected chi connectivity index (χ0v) is 12.4. The second-order valence-corrected chi connectivity index (χ2v) is 5.30. The number of aryl methyl sites for hydroxylation is 1. The molecule has 0 saturated heterocycles. The van der Waals surface area contributed by atoms with E-state index in [1.165, 1.54) is 0 Å². The molecule has 0 saturated carbocycles. The highest BCUT2D eigenvalue weighted by atomic mass is 16.3. The minimum Gasteiger partial charge on any atom is -0.465 e. The topological polar surface area (TPSA) is 55.3 Å². The van der Waals surface area contributed by atoms with E-state index in [2.05, 4.69) is 16.9 Å². The number of hydrogen-bond donors (Lipinski definition) is 1. The van der Waals surface area contributed by atoms with E-state index in [0.29, 0.717) is 0 Å². The second-order valence-electron chi connectivity index (χ2n) is 5.30. The summed E-state index contributed by atoms with van der Waals surface area (Å²) in [6.45, 7) is 4.86. The van der Waals surface area contributed by atoms with Gasteiger partial charge in [0.05, 0.1) is 6.04 Å². The lowest BCUT2D eigenvalue weighted by molar-refractivity contribution is 0.191. The Morgan fingerprint density at radius 2 is 2.10 bits per heavy atom. The van der Waals surface area contributed by atoms with E-state index in [9.17, 15) is 0 Å². The van der Waals surface area contributed by atoms with Crippen LogP contribution in [0.4, 0.5) is 0 Å². The van der Waals surface area contributed by atoms with E-state index in [0.717, 1.165) is 30.2 Å². The summed E-state index contributed by atoms with van der Waals surface area (Å²) in [7, 11) is 2.08. The van der Waals surface area contributed by atoms with Crippen LogP contribution >= 0.6 is 0 Å². The van der Waals surface area contributed by atoms with Crippen LogP contribution in [0.1, 0.15) is 30.2 Å². The number of nitrogens with zero attached hydrogens (tertiary/aromatic N) is 2. The molecule has 0 spiro atoms. The van der Waals surface area contributed by atoms with Crippen LogP contribution in [0.25, 0.3) is 0 Å². The molecule has 20 heavy (non-hydrogen) atoms. The highest BCUT2D eigenvalue weighted by Gasteiger charge is 2.24. The summed E-state index contributed by atoms with van der Waals surface area (Å²) < 4.78 is 5.74. The van der Waals surface area contributed by atoms with Crippen LogP contribution in [0.3, 0.4) is 0 Å². The molecule has 2 rings (SSSR count). The molecule has 2 unspecified atom stereocenters. The van der Waals surface area contributed by atoms with Gasteiger partial charge in [-0.05, 0) is 45.2 Å². The average molecular weight is 273 g/mol. The lowest BCUT2D eigenvalue weighted by Crippen LogP contribution is -2.38. The van der Waals surface area contributed by atoms with Gasteiger partial charge in [-0.1, -0.05) is 6.07 Å². The predicted molar refractivity (Wildman–Crippen MR) is 80.4 cm³/mol. The number of nitrogens with two attached hydrogens (primary N) is 1. The molecule has 0 bridgehead atoms. The Bertz CT molecular complexity index is 522. The molecule has 2 aromatic heterocycles. The van der Waals surface area contributed by atoms with E-state index >= 15 is 0 Å². The SMILES string of the molecule is Cc1ccc(C(C(C)N)N(C)CCc2ccccn2)o1. The Morgan fingerprint density at radius 3 is 2.65 bits per heavy atom. The minimum atomic E-state index is 0.00859. The van der Waals surface area contributed by atoms with E-state index in [4.69, 9.17) is 10.2 Å². The molecule has 0 amide bonds. The van der Waals surface area contributed by atoms with E-state index in [-0.39, 0.29) is 12.1 Å². The minimum absolute atomic E-state index is 0.00859. The monoisotopic (exact) mass is 273 g/mol. The van der Waals surface area contributed by atoms with Gasteiger partial charge in [0, 0.05) is 30.9 Å². The Balaban J connectivity index is 2.02. The Labute approximate surface area is 120 Å². The molecule has 108 valence electrons. The third-order valence-corrected chi connectivity index (χ3v) is 3.47. The first-order valence-corrected chi connectivity index (χ1v) is 7.00. The Hall–Kier alpha value is -1.65. The van der Waals surface area contributed by atoms with Gasteiger partial charge in [0.15, 0.2) is 0 Å². The van der Waals surface area contributed by atoms with Crippen LogP contribution in [0, 0.1) is 6.92 Å². The summed E-state index contributed by atoms with van der Waals surface area (Å²) >= 11 is 0. The van der Waals surface area contributed by atoms with Crippen LogP contribution < -0.4 is 5.73 Å². The average Bonchev–Trinajstić information content (AvgIpc) is 2.83. The zero-order chi connectivity index (χ0) is 14.5. The van der Waals surface area contributed by atoms with Gasteiger partial charge >= 0.3 is 0 Å². The van der Waals surface area contributed by atoms with Crippen LogP contribution in [0.15, 0.2) is 40.9 Å². The maximum absolute atomic E-state index is 6.13. The fourth-order valence-corrected chi connectivity index (χ4v) is 2.47. The van der Waals surface area contributed by atoms with Gasteiger partial charge in [0.2, 0.25) is 0 Å². The maximum atomic E-state index is 6.13. The van der Waals surface area contributed by atoms with Crippen LogP contribution in [0.5, 0.6) is 0 Å². The molecule has 2 atom stereocenters. The van der Waals surface area contributed by atoms with Crippen molar-refractivity contribution in [2.45, 2.75) is 32.4 Å². The summed E-state index contributed by atoms with van der Waals surface area (Å²) in [5.41, 5.74) is 7.23. The fourth-order valence-electron chi connectivity index (χ4n) is 2.47. The van der Waals surface area contributed by atoms with Crippen molar-refractivity contribution < 1.29 is 4.42 Å². The third kappa shape index (κ3) is 3.68. The first kappa shape index (κ1) is 14.8. The number of pyridine rings is 1. The predicted octanol–water partition coefficient (Wildman–Crippen LogP) is 2.55. The summed E-state index contributed by atoms with van der Waals surface area (Å²) in [5, 5.41) is 0. The number of rotatable bonds is 6. The van der Waals surface area contributed by atoms with Gasteiger partial charge in [-0.3, -0.25) is 9.88 Å². The smallest absolute Gasteiger partial charge is 0.122 e. The largest absolute Gasteiger partial charge is 0.465 e. The van der Waals surface area contributed by atoms with Crippen molar-refractivity contribution >= 4 is 0 Å². The standard InChI is InChI=1S/C16H23N3O/c1-12-7-8-15(20-12)16(13(2)17)19(3)11-9-14-6-4-5-10-18-14/h4-8,10,13,16H,9,11,17H2,1-3H3. The van der Waals surface area contributed by atoms with Crippen LogP contribution in [-0.4, -0.2) is 29.5 Å². The first-order chi connectivity index (χ1) is 9.58. The molecular formula is C16H23N3O. The molecule has 0 aliphatic heterocycles. The zero-order valence-electron chi connectivity index (χ0n) is 12.4. The van der Waals surface area contributed by atoms with Gasteiger partial charge in [-0.15, -0.1) is 0 Å². The molecule has 4 nitrogen and oxygen atoms in total. The quantitative estimate of drug-likeness (QED) is 0.878. The molecular weight excluding hydrogens is 250 g/mol. The lowest BCUT2D eigenvalue weighted by atomic mass is 10.1. The number of hydrogen-bond acceptors (Lipinski definition) is 4. The maximum Gasteiger partial charge on any atom is 0.122 e. The first-order valence-electron chi connectivity index (χ1n) is 7.00. The molecule has 2 aromatic rings. The van der Waals surface area contributed by atoms with Crippen molar-refractivity contribution in [3.8, 4) is 0 Å². The van der Waals surface area contributed by atoms with Crippen molar-refractivity contribution in [1.29, 1.82) is 0 Å². The molecule has 0 aliphatic rings. The van der Waals surface area contributed by atoms with E-state index < -0.39 is 0 Å². The molecule has 0 radical (unpaired) electrons. The summed E-state index contributed by atoms with van der Waals surface area (Å²) in [4.78, 5) is 6.58.